The van der Waals surface area contributed by atoms with E-state index in [0.29, 0.717) is 18.5 Å². The van der Waals surface area contributed by atoms with Gasteiger partial charge < -0.3 is 15.0 Å². The van der Waals surface area contributed by atoms with Crippen molar-refractivity contribution in [3.63, 3.8) is 0 Å². The minimum absolute atomic E-state index is 0.166. The standard InChI is InChI=1S/C11H18ClN5O/c1-4-13-10-14-9(12)15-11(16-10)17-5-8(3)18-6-7(17)2/h7-8H,4-6H2,1-3H3,(H,13,14,15,16). The molecule has 2 atom stereocenters. The molecule has 7 heteroatoms. The molecule has 2 heterocycles. The minimum Gasteiger partial charge on any atom is -0.375 e. The van der Waals surface area contributed by atoms with E-state index in [-0.39, 0.29) is 17.4 Å². The summed E-state index contributed by atoms with van der Waals surface area (Å²) in [6.45, 7) is 8.27. The number of hydrogen-bond donors (Lipinski definition) is 1. The van der Waals surface area contributed by atoms with Crippen LogP contribution in [0.5, 0.6) is 0 Å². The Hall–Kier alpha value is -1.14. The van der Waals surface area contributed by atoms with Crippen LogP contribution in [0.25, 0.3) is 0 Å². The lowest BCUT2D eigenvalue weighted by Gasteiger charge is -2.36. The number of hydrogen-bond acceptors (Lipinski definition) is 6. The fourth-order valence-electron chi connectivity index (χ4n) is 1.89. The summed E-state index contributed by atoms with van der Waals surface area (Å²) in [5, 5.41) is 3.26. The normalized spacial score (nSPS) is 24.1. The Bertz CT molecular complexity index is 416. The summed E-state index contributed by atoms with van der Waals surface area (Å²) in [6, 6.07) is 0.231. The van der Waals surface area contributed by atoms with Crippen LogP contribution in [0.3, 0.4) is 0 Å². The van der Waals surface area contributed by atoms with Crippen molar-refractivity contribution >= 4 is 23.5 Å². The van der Waals surface area contributed by atoms with Crippen LogP contribution < -0.4 is 10.2 Å². The Morgan fingerprint density at radius 1 is 1.39 bits per heavy atom. The van der Waals surface area contributed by atoms with Crippen molar-refractivity contribution < 1.29 is 4.74 Å². The number of ether oxygens (including phenoxy) is 1. The minimum atomic E-state index is 0.166. The van der Waals surface area contributed by atoms with Gasteiger partial charge in [-0.15, -0.1) is 0 Å². The average Bonchev–Trinajstić information content (AvgIpc) is 2.32. The third-order valence-corrected chi connectivity index (χ3v) is 2.96. The van der Waals surface area contributed by atoms with Crippen molar-refractivity contribution in [3.05, 3.63) is 5.28 Å². The smallest absolute Gasteiger partial charge is 0.231 e. The Morgan fingerprint density at radius 2 is 2.17 bits per heavy atom. The number of aromatic nitrogens is 3. The van der Waals surface area contributed by atoms with Gasteiger partial charge in [-0.2, -0.15) is 15.0 Å². The highest BCUT2D eigenvalue weighted by molar-refractivity contribution is 6.28. The molecule has 0 bridgehead atoms. The van der Waals surface area contributed by atoms with Crippen LogP contribution in [-0.2, 0) is 4.74 Å². The van der Waals surface area contributed by atoms with Gasteiger partial charge in [0.25, 0.3) is 0 Å². The first kappa shape index (κ1) is 13.3. The number of rotatable bonds is 3. The molecule has 18 heavy (non-hydrogen) atoms. The molecule has 1 saturated heterocycles. The van der Waals surface area contributed by atoms with Crippen molar-refractivity contribution in [1.82, 2.24) is 15.0 Å². The van der Waals surface area contributed by atoms with Crippen molar-refractivity contribution in [2.75, 3.05) is 29.9 Å². The number of nitrogens with one attached hydrogen (secondary N) is 1. The molecule has 1 aliphatic rings. The molecule has 2 unspecified atom stereocenters. The third kappa shape index (κ3) is 3.00. The predicted octanol–water partition coefficient (Wildman–Crippen LogP) is 1.57. The maximum Gasteiger partial charge on any atom is 0.231 e. The number of nitrogens with zero attached hydrogens (tertiary/aromatic N) is 4. The summed E-state index contributed by atoms with van der Waals surface area (Å²) in [5.41, 5.74) is 0. The lowest BCUT2D eigenvalue weighted by molar-refractivity contribution is 0.0337. The van der Waals surface area contributed by atoms with Gasteiger partial charge in [-0.3, -0.25) is 0 Å². The van der Waals surface area contributed by atoms with Gasteiger partial charge in [0.2, 0.25) is 17.2 Å². The first-order valence-corrected chi connectivity index (χ1v) is 6.51. The second-order valence-corrected chi connectivity index (χ2v) is 4.74. The predicted molar refractivity (Wildman–Crippen MR) is 71.2 cm³/mol. The molecular weight excluding hydrogens is 254 g/mol. The fraction of sp³-hybridized carbons (Fsp3) is 0.727. The average molecular weight is 272 g/mol. The lowest BCUT2D eigenvalue weighted by Crippen LogP contribution is -2.48. The molecule has 1 aromatic heterocycles. The molecule has 0 aliphatic carbocycles. The Balaban J connectivity index is 2.25. The summed E-state index contributed by atoms with van der Waals surface area (Å²) in [7, 11) is 0. The maximum atomic E-state index is 5.93. The van der Waals surface area contributed by atoms with E-state index >= 15 is 0 Å². The first-order valence-electron chi connectivity index (χ1n) is 6.13. The molecule has 2 rings (SSSR count). The molecule has 0 amide bonds. The zero-order valence-corrected chi connectivity index (χ0v) is 11.6. The molecule has 0 aromatic carbocycles. The Kier molecular flexibility index (Phi) is 4.19. The van der Waals surface area contributed by atoms with Gasteiger partial charge in [-0.1, -0.05) is 0 Å². The molecule has 100 valence electrons. The van der Waals surface area contributed by atoms with E-state index < -0.39 is 0 Å². The Morgan fingerprint density at radius 3 is 2.89 bits per heavy atom. The van der Waals surface area contributed by atoms with Gasteiger partial charge >= 0.3 is 0 Å². The van der Waals surface area contributed by atoms with Crippen molar-refractivity contribution in [2.45, 2.75) is 32.9 Å². The van der Waals surface area contributed by atoms with E-state index in [0.717, 1.165) is 13.1 Å². The summed E-state index contributed by atoms with van der Waals surface area (Å²) >= 11 is 5.93. The fourth-order valence-corrected chi connectivity index (χ4v) is 2.04. The van der Waals surface area contributed by atoms with Crippen LogP contribution >= 0.6 is 11.6 Å². The highest BCUT2D eigenvalue weighted by atomic mass is 35.5. The molecule has 1 aliphatic heterocycles. The van der Waals surface area contributed by atoms with Gasteiger partial charge in [0.15, 0.2) is 0 Å². The molecule has 1 fully saturated rings. The highest BCUT2D eigenvalue weighted by Gasteiger charge is 2.26. The van der Waals surface area contributed by atoms with E-state index in [4.69, 9.17) is 16.3 Å². The van der Waals surface area contributed by atoms with Gasteiger partial charge in [-0.25, -0.2) is 0 Å². The molecule has 1 aromatic rings. The van der Waals surface area contributed by atoms with Crippen LogP contribution in [0.2, 0.25) is 5.28 Å². The third-order valence-electron chi connectivity index (χ3n) is 2.80. The zero-order valence-electron chi connectivity index (χ0n) is 10.9. The van der Waals surface area contributed by atoms with Crippen molar-refractivity contribution in [2.24, 2.45) is 0 Å². The summed E-state index contributed by atoms with van der Waals surface area (Å²) in [5.74, 6) is 1.12. The molecule has 6 nitrogen and oxygen atoms in total. The maximum absolute atomic E-state index is 5.93. The number of anilines is 2. The summed E-state index contributed by atoms with van der Waals surface area (Å²) in [4.78, 5) is 14.7. The SMILES string of the molecule is CCNc1nc(Cl)nc(N2CC(C)OCC2C)n1. The largest absolute Gasteiger partial charge is 0.375 e. The highest BCUT2D eigenvalue weighted by Crippen LogP contribution is 2.20. The second kappa shape index (κ2) is 5.67. The van der Waals surface area contributed by atoms with Gasteiger partial charge in [0, 0.05) is 13.1 Å². The number of morpholine rings is 1. The van der Waals surface area contributed by atoms with E-state index in [9.17, 15) is 0 Å². The second-order valence-electron chi connectivity index (χ2n) is 4.40. The monoisotopic (exact) mass is 271 g/mol. The molecule has 1 N–H and O–H groups in total. The molecular formula is C11H18ClN5O. The quantitative estimate of drug-likeness (QED) is 0.900. The molecule has 0 radical (unpaired) electrons. The first-order chi connectivity index (χ1) is 8.60. The Labute approximate surface area is 112 Å². The molecule has 0 saturated carbocycles. The van der Waals surface area contributed by atoms with Crippen LogP contribution in [-0.4, -0.2) is 46.8 Å². The van der Waals surface area contributed by atoms with E-state index in [1.54, 1.807) is 0 Å². The summed E-state index contributed by atoms with van der Waals surface area (Å²) in [6.07, 6.45) is 0.166. The molecule has 0 spiro atoms. The van der Waals surface area contributed by atoms with Crippen LogP contribution in [0, 0.1) is 0 Å². The van der Waals surface area contributed by atoms with Crippen LogP contribution in [0.15, 0.2) is 0 Å². The summed E-state index contributed by atoms with van der Waals surface area (Å²) < 4.78 is 5.59. The van der Waals surface area contributed by atoms with Gasteiger partial charge in [0.1, 0.15) is 0 Å². The topological polar surface area (TPSA) is 63.2 Å². The van der Waals surface area contributed by atoms with Crippen molar-refractivity contribution in [1.29, 1.82) is 0 Å². The zero-order chi connectivity index (χ0) is 13.1. The number of halogens is 1. The lowest BCUT2D eigenvalue weighted by atomic mass is 10.2. The van der Waals surface area contributed by atoms with Crippen LogP contribution in [0.4, 0.5) is 11.9 Å². The van der Waals surface area contributed by atoms with E-state index in [1.165, 1.54) is 0 Å². The van der Waals surface area contributed by atoms with E-state index in [2.05, 4.69) is 32.1 Å². The van der Waals surface area contributed by atoms with Gasteiger partial charge in [0.05, 0.1) is 18.8 Å². The van der Waals surface area contributed by atoms with E-state index in [1.807, 2.05) is 13.8 Å². The van der Waals surface area contributed by atoms with Gasteiger partial charge in [-0.05, 0) is 32.4 Å². The van der Waals surface area contributed by atoms with Crippen molar-refractivity contribution in [3.8, 4) is 0 Å². The van der Waals surface area contributed by atoms with Crippen LogP contribution in [0.1, 0.15) is 20.8 Å².